The predicted molar refractivity (Wildman–Crippen MR) is 109 cm³/mol. The number of hydrogen-bond acceptors (Lipinski definition) is 5. The lowest BCUT2D eigenvalue weighted by Crippen LogP contribution is -2.19. The number of hydrogen-bond donors (Lipinski definition) is 1. The predicted octanol–water partition coefficient (Wildman–Crippen LogP) is 4.97. The van der Waals surface area contributed by atoms with Crippen molar-refractivity contribution in [3.05, 3.63) is 71.8 Å². The Morgan fingerprint density at radius 2 is 1.97 bits per heavy atom. The summed E-state index contributed by atoms with van der Waals surface area (Å²) in [5.41, 5.74) is 0.816. The van der Waals surface area contributed by atoms with Crippen molar-refractivity contribution in [2.75, 3.05) is 7.05 Å². The first kappa shape index (κ1) is 21.2. The standard InChI is InChI=1S/C21H21F3N6/c1-4-18(14-8-6-5-7-9-14)30(3)13-17(25-2)16-12-15(10-11-26-16)19-20(21(22,23)24)28-29-27-19/h5-13,18H,2,4H2,1,3H3,(H,27,28,29)/b17-13-. The van der Waals surface area contributed by atoms with Gasteiger partial charge in [0.05, 0.1) is 11.7 Å². The molecule has 1 N–H and O–H groups in total. The molecule has 0 spiro atoms. The van der Waals surface area contributed by atoms with E-state index in [0.717, 1.165) is 12.0 Å². The molecule has 0 amide bonds. The molecule has 1 atom stereocenters. The van der Waals surface area contributed by atoms with E-state index in [-0.39, 0.29) is 17.3 Å². The third-order valence-electron chi connectivity index (χ3n) is 4.67. The van der Waals surface area contributed by atoms with E-state index in [1.54, 1.807) is 6.20 Å². The number of halogens is 3. The van der Waals surface area contributed by atoms with Crippen LogP contribution in [0.5, 0.6) is 0 Å². The van der Waals surface area contributed by atoms with Crippen LogP contribution in [0.15, 0.2) is 59.9 Å². The highest BCUT2D eigenvalue weighted by Gasteiger charge is 2.38. The molecule has 0 saturated heterocycles. The van der Waals surface area contributed by atoms with E-state index in [2.05, 4.69) is 33.8 Å². The van der Waals surface area contributed by atoms with Crippen molar-refractivity contribution in [1.29, 1.82) is 0 Å². The maximum Gasteiger partial charge on any atom is 0.437 e. The summed E-state index contributed by atoms with van der Waals surface area (Å²) in [5.74, 6) is 0. The average molecular weight is 414 g/mol. The van der Waals surface area contributed by atoms with Crippen LogP contribution in [0.3, 0.4) is 0 Å². The van der Waals surface area contributed by atoms with Gasteiger partial charge in [-0.25, -0.2) is 0 Å². The van der Waals surface area contributed by atoms with Gasteiger partial charge >= 0.3 is 6.18 Å². The minimum absolute atomic E-state index is 0.0958. The molecule has 3 aromatic rings. The normalized spacial score (nSPS) is 13.2. The Morgan fingerprint density at radius 3 is 2.60 bits per heavy atom. The van der Waals surface area contributed by atoms with E-state index in [1.807, 2.05) is 47.5 Å². The van der Waals surface area contributed by atoms with Crippen LogP contribution in [0.4, 0.5) is 13.2 Å². The summed E-state index contributed by atoms with van der Waals surface area (Å²) >= 11 is 0. The van der Waals surface area contributed by atoms with Gasteiger partial charge in [0, 0.05) is 25.0 Å². The van der Waals surface area contributed by atoms with Crippen molar-refractivity contribution in [2.24, 2.45) is 4.99 Å². The smallest absolute Gasteiger partial charge is 0.372 e. The van der Waals surface area contributed by atoms with Gasteiger partial charge in [-0.1, -0.05) is 37.3 Å². The van der Waals surface area contributed by atoms with E-state index in [0.29, 0.717) is 11.4 Å². The maximum atomic E-state index is 13.2. The molecule has 1 aromatic carbocycles. The van der Waals surface area contributed by atoms with Crippen LogP contribution in [-0.4, -0.2) is 39.1 Å². The minimum Gasteiger partial charge on any atom is -0.372 e. The molecule has 0 radical (unpaired) electrons. The van der Waals surface area contributed by atoms with Crippen molar-refractivity contribution in [2.45, 2.75) is 25.6 Å². The highest BCUT2D eigenvalue weighted by Crippen LogP contribution is 2.34. The summed E-state index contributed by atoms with van der Waals surface area (Å²) in [6.45, 7) is 5.67. The Hall–Kier alpha value is -3.49. The lowest BCUT2D eigenvalue weighted by Gasteiger charge is -2.26. The van der Waals surface area contributed by atoms with E-state index < -0.39 is 11.9 Å². The van der Waals surface area contributed by atoms with Crippen LogP contribution >= 0.6 is 0 Å². The number of pyridine rings is 1. The number of rotatable bonds is 7. The summed E-state index contributed by atoms with van der Waals surface area (Å²) in [4.78, 5) is 10.3. The highest BCUT2D eigenvalue weighted by atomic mass is 19.4. The highest BCUT2D eigenvalue weighted by molar-refractivity contribution is 5.70. The lowest BCUT2D eigenvalue weighted by molar-refractivity contribution is -0.140. The number of nitrogens with zero attached hydrogens (tertiary/aromatic N) is 5. The Morgan fingerprint density at radius 1 is 1.23 bits per heavy atom. The first-order valence-electron chi connectivity index (χ1n) is 9.25. The SMILES string of the molecule is C=N/C(=C\N(C)C(CC)c1ccccc1)c1cc(-c2n[nH]nc2C(F)(F)F)ccn1. The fourth-order valence-electron chi connectivity index (χ4n) is 3.25. The minimum atomic E-state index is -4.62. The Labute approximate surface area is 172 Å². The van der Waals surface area contributed by atoms with Crippen LogP contribution in [0.2, 0.25) is 0 Å². The molecule has 3 rings (SSSR count). The molecule has 0 fully saturated rings. The summed E-state index contributed by atoms with van der Waals surface area (Å²) in [6, 6.07) is 13.0. The summed E-state index contributed by atoms with van der Waals surface area (Å²) in [7, 11) is 1.91. The molecule has 9 heteroatoms. The van der Waals surface area contributed by atoms with Gasteiger partial charge in [-0.15, -0.1) is 0 Å². The summed E-state index contributed by atoms with van der Waals surface area (Å²) in [6.07, 6.45) is -0.574. The van der Waals surface area contributed by atoms with Crippen LogP contribution < -0.4 is 0 Å². The number of alkyl halides is 3. The van der Waals surface area contributed by atoms with Gasteiger partial charge in [0.2, 0.25) is 0 Å². The number of aromatic amines is 1. The van der Waals surface area contributed by atoms with Crippen LogP contribution in [0.1, 0.15) is 36.3 Å². The van der Waals surface area contributed by atoms with Gasteiger partial charge in [0.15, 0.2) is 5.69 Å². The first-order valence-corrected chi connectivity index (χ1v) is 9.25. The van der Waals surface area contributed by atoms with E-state index in [4.69, 9.17) is 0 Å². The Bertz CT molecular complexity index is 1030. The topological polar surface area (TPSA) is 70.1 Å². The fraction of sp³-hybridized carbons (Fsp3) is 0.238. The second kappa shape index (κ2) is 8.89. The average Bonchev–Trinajstić information content (AvgIpc) is 3.24. The second-order valence-corrected chi connectivity index (χ2v) is 6.62. The molecule has 0 aliphatic heterocycles. The third-order valence-corrected chi connectivity index (χ3v) is 4.67. The zero-order chi connectivity index (χ0) is 21.7. The summed E-state index contributed by atoms with van der Waals surface area (Å²) < 4.78 is 39.5. The van der Waals surface area contributed by atoms with E-state index in [1.165, 1.54) is 18.3 Å². The molecular weight excluding hydrogens is 393 g/mol. The monoisotopic (exact) mass is 414 g/mol. The Balaban J connectivity index is 1.95. The largest absolute Gasteiger partial charge is 0.437 e. The molecule has 30 heavy (non-hydrogen) atoms. The van der Waals surface area contributed by atoms with Crippen molar-refractivity contribution >= 4 is 12.4 Å². The molecular formula is C21H21F3N6. The fourth-order valence-corrected chi connectivity index (χ4v) is 3.25. The molecule has 0 aliphatic carbocycles. The first-order chi connectivity index (χ1) is 14.3. The molecule has 2 aromatic heterocycles. The van der Waals surface area contributed by atoms with Crippen molar-refractivity contribution in [1.82, 2.24) is 25.3 Å². The Kier molecular flexibility index (Phi) is 6.29. The van der Waals surface area contributed by atoms with Crippen molar-refractivity contribution in [3.63, 3.8) is 0 Å². The van der Waals surface area contributed by atoms with Crippen LogP contribution in [0, 0.1) is 0 Å². The molecule has 0 bridgehead atoms. The van der Waals surface area contributed by atoms with Gasteiger partial charge in [0.25, 0.3) is 0 Å². The zero-order valence-corrected chi connectivity index (χ0v) is 16.6. The van der Waals surface area contributed by atoms with Gasteiger partial charge in [-0.05, 0) is 30.8 Å². The quantitative estimate of drug-likeness (QED) is 0.555. The molecule has 6 nitrogen and oxygen atoms in total. The van der Waals surface area contributed by atoms with Gasteiger partial charge < -0.3 is 4.90 Å². The number of aromatic nitrogens is 4. The second-order valence-electron chi connectivity index (χ2n) is 6.62. The van der Waals surface area contributed by atoms with Crippen LogP contribution in [-0.2, 0) is 6.18 Å². The zero-order valence-electron chi connectivity index (χ0n) is 16.6. The molecule has 0 saturated carbocycles. The van der Waals surface area contributed by atoms with Crippen molar-refractivity contribution < 1.29 is 13.2 Å². The van der Waals surface area contributed by atoms with E-state index >= 15 is 0 Å². The van der Waals surface area contributed by atoms with Crippen LogP contribution in [0.25, 0.3) is 17.0 Å². The lowest BCUT2D eigenvalue weighted by atomic mass is 10.0. The van der Waals surface area contributed by atoms with Gasteiger partial charge in [-0.2, -0.15) is 28.6 Å². The number of benzene rings is 1. The number of nitrogens with one attached hydrogen (secondary N) is 1. The number of H-pyrrole nitrogens is 1. The molecule has 156 valence electrons. The third kappa shape index (κ3) is 4.56. The molecule has 2 heterocycles. The van der Waals surface area contributed by atoms with Gasteiger partial charge in [-0.3, -0.25) is 9.98 Å². The summed E-state index contributed by atoms with van der Waals surface area (Å²) in [5, 5.41) is 8.94. The molecule has 1 unspecified atom stereocenters. The van der Waals surface area contributed by atoms with Gasteiger partial charge in [0.1, 0.15) is 11.4 Å². The maximum absolute atomic E-state index is 13.2. The molecule has 0 aliphatic rings. The van der Waals surface area contributed by atoms with Crippen molar-refractivity contribution in [3.8, 4) is 11.3 Å². The number of aliphatic imine (C=N–C) groups is 1. The van der Waals surface area contributed by atoms with E-state index in [9.17, 15) is 13.2 Å².